The predicted molar refractivity (Wildman–Crippen MR) is 57.9 cm³/mol. The minimum Gasteiger partial charge on any atom is -0.378 e. The molecule has 5 aliphatic rings. The van der Waals surface area contributed by atoms with Crippen LogP contribution in [0.3, 0.4) is 0 Å². The summed E-state index contributed by atoms with van der Waals surface area (Å²) in [6, 6.07) is 0. The first-order chi connectivity index (χ1) is 7.76. The highest BCUT2D eigenvalue weighted by molar-refractivity contribution is 5.11. The van der Waals surface area contributed by atoms with Gasteiger partial charge in [-0.25, -0.2) is 0 Å². The highest BCUT2D eigenvalue weighted by Crippen LogP contribution is 2.63. The minimum absolute atomic E-state index is 0.164. The first-order valence-corrected chi connectivity index (χ1v) is 6.59. The van der Waals surface area contributed by atoms with Crippen LogP contribution < -0.4 is 0 Å². The van der Waals surface area contributed by atoms with Crippen LogP contribution in [0.4, 0.5) is 0 Å². The van der Waals surface area contributed by atoms with E-state index in [2.05, 4.69) is 0 Å². The van der Waals surface area contributed by atoms with Crippen LogP contribution in [0.2, 0.25) is 0 Å². The monoisotopic (exact) mass is 224 g/mol. The summed E-state index contributed by atoms with van der Waals surface area (Å²) in [5.41, 5.74) is 0.164. The molecule has 3 heteroatoms. The standard InChI is InChI=1S/C13H20O3/c1-14-12-6-9-4-10(7-12)13(11(5-9)8-12)15-2-3-16-13/h9-11H,2-8H2,1H3. The summed E-state index contributed by atoms with van der Waals surface area (Å²) in [6.07, 6.45) is 6.16. The predicted octanol–water partition coefficient (Wildman–Crippen LogP) is 1.95. The van der Waals surface area contributed by atoms with E-state index in [0.717, 1.165) is 32.0 Å². The Hall–Kier alpha value is -0.120. The van der Waals surface area contributed by atoms with Crippen LogP contribution in [0.25, 0.3) is 0 Å². The second-order valence-corrected chi connectivity index (χ2v) is 6.15. The van der Waals surface area contributed by atoms with Crippen molar-refractivity contribution in [3.05, 3.63) is 0 Å². The van der Waals surface area contributed by atoms with Gasteiger partial charge in [0.25, 0.3) is 0 Å². The van der Waals surface area contributed by atoms with Crippen molar-refractivity contribution in [1.82, 2.24) is 0 Å². The molecule has 2 atom stereocenters. The van der Waals surface area contributed by atoms with Crippen molar-refractivity contribution in [1.29, 1.82) is 0 Å². The van der Waals surface area contributed by atoms with E-state index in [9.17, 15) is 0 Å². The van der Waals surface area contributed by atoms with Crippen molar-refractivity contribution in [3.63, 3.8) is 0 Å². The lowest BCUT2D eigenvalue weighted by molar-refractivity contribution is -0.316. The zero-order valence-electron chi connectivity index (χ0n) is 9.91. The van der Waals surface area contributed by atoms with Gasteiger partial charge in [-0.15, -0.1) is 0 Å². The zero-order chi connectivity index (χ0) is 10.8. The van der Waals surface area contributed by atoms with Gasteiger partial charge < -0.3 is 14.2 Å². The summed E-state index contributed by atoms with van der Waals surface area (Å²) in [4.78, 5) is 0. The van der Waals surface area contributed by atoms with Crippen LogP contribution in [0.5, 0.6) is 0 Å². The third-order valence-corrected chi connectivity index (χ3v) is 5.44. The molecule has 2 unspecified atom stereocenters. The third kappa shape index (κ3) is 1.05. The second-order valence-electron chi connectivity index (χ2n) is 6.15. The van der Waals surface area contributed by atoms with Gasteiger partial charge in [0.05, 0.1) is 18.8 Å². The Balaban J connectivity index is 1.72. The Morgan fingerprint density at radius 3 is 2.19 bits per heavy atom. The van der Waals surface area contributed by atoms with Crippen LogP contribution in [0, 0.1) is 17.8 Å². The van der Waals surface area contributed by atoms with Crippen LogP contribution in [-0.2, 0) is 14.2 Å². The fourth-order valence-corrected chi connectivity index (χ4v) is 5.02. The van der Waals surface area contributed by atoms with Crippen LogP contribution in [0.15, 0.2) is 0 Å². The van der Waals surface area contributed by atoms with Crippen molar-refractivity contribution in [2.45, 2.75) is 43.5 Å². The zero-order valence-corrected chi connectivity index (χ0v) is 9.91. The molecule has 1 heterocycles. The number of hydrogen-bond donors (Lipinski definition) is 0. The number of methoxy groups -OCH3 is 1. The van der Waals surface area contributed by atoms with Crippen molar-refractivity contribution in [2.75, 3.05) is 20.3 Å². The highest BCUT2D eigenvalue weighted by Gasteiger charge is 2.65. The normalized spacial score (nSPS) is 52.7. The molecule has 4 bridgehead atoms. The van der Waals surface area contributed by atoms with E-state index in [-0.39, 0.29) is 11.4 Å². The maximum absolute atomic E-state index is 6.03. The molecular formula is C13H20O3. The van der Waals surface area contributed by atoms with Gasteiger partial charge in [-0.1, -0.05) is 0 Å². The van der Waals surface area contributed by atoms with Crippen molar-refractivity contribution in [3.8, 4) is 0 Å². The summed E-state index contributed by atoms with van der Waals surface area (Å²) in [6.45, 7) is 1.58. The Morgan fingerprint density at radius 2 is 1.62 bits per heavy atom. The summed E-state index contributed by atoms with van der Waals surface area (Å²) < 4.78 is 17.9. The van der Waals surface area contributed by atoms with Crippen molar-refractivity contribution >= 4 is 0 Å². The minimum atomic E-state index is -0.209. The topological polar surface area (TPSA) is 27.7 Å². The quantitative estimate of drug-likeness (QED) is 0.681. The lowest BCUT2D eigenvalue weighted by Gasteiger charge is -2.62. The average molecular weight is 224 g/mol. The third-order valence-electron chi connectivity index (χ3n) is 5.44. The fourth-order valence-electron chi connectivity index (χ4n) is 5.02. The molecule has 5 fully saturated rings. The molecule has 1 saturated heterocycles. The molecule has 90 valence electrons. The van der Waals surface area contributed by atoms with Gasteiger partial charge in [0.2, 0.25) is 0 Å². The van der Waals surface area contributed by atoms with Crippen molar-refractivity contribution < 1.29 is 14.2 Å². The van der Waals surface area contributed by atoms with E-state index < -0.39 is 0 Å². The summed E-state index contributed by atoms with van der Waals surface area (Å²) in [5, 5.41) is 0. The SMILES string of the molecule is COC12CC3CC(C1)C1(OCCO1)C(C3)C2. The molecule has 0 aromatic rings. The second kappa shape index (κ2) is 3.01. The summed E-state index contributed by atoms with van der Waals surface area (Å²) >= 11 is 0. The van der Waals surface area contributed by atoms with E-state index >= 15 is 0 Å². The molecular weight excluding hydrogens is 204 g/mol. The molecule has 1 aliphatic heterocycles. The van der Waals surface area contributed by atoms with E-state index in [4.69, 9.17) is 14.2 Å². The lowest BCUT2D eigenvalue weighted by Crippen LogP contribution is -2.64. The number of ether oxygens (including phenoxy) is 3. The van der Waals surface area contributed by atoms with E-state index in [1.807, 2.05) is 7.11 Å². The maximum atomic E-state index is 6.03. The molecule has 0 amide bonds. The van der Waals surface area contributed by atoms with E-state index in [1.54, 1.807) is 0 Å². The smallest absolute Gasteiger partial charge is 0.174 e. The summed E-state index contributed by atoms with van der Waals surface area (Å²) in [5.74, 6) is 1.82. The van der Waals surface area contributed by atoms with Crippen LogP contribution >= 0.6 is 0 Å². The molecule has 4 aliphatic carbocycles. The first-order valence-electron chi connectivity index (χ1n) is 6.59. The Labute approximate surface area is 96.4 Å². The van der Waals surface area contributed by atoms with E-state index in [0.29, 0.717) is 11.8 Å². The van der Waals surface area contributed by atoms with Gasteiger partial charge in [-0.3, -0.25) is 0 Å². The molecule has 0 radical (unpaired) electrons. The molecule has 1 spiro atoms. The van der Waals surface area contributed by atoms with Crippen LogP contribution in [0.1, 0.15) is 32.1 Å². The highest BCUT2D eigenvalue weighted by atomic mass is 16.7. The van der Waals surface area contributed by atoms with Crippen molar-refractivity contribution in [2.24, 2.45) is 17.8 Å². The Morgan fingerprint density at radius 1 is 1.00 bits per heavy atom. The molecule has 16 heavy (non-hydrogen) atoms. The summed E-state index contributed by atoms with van der Waals surface area (Å²) in [7, 11) is 1.89. The number of rotatable bonds is 1. The first kappa shape index (κ1) is 9.86. The molecule has 0 aromatic carbocycles. The fraction of sp³-hybridized carbons (Fsp3) is 1.00. The Kier molecular flexibility index (Phi) is 1.85. The maximum Gasteiger partial charge on any atom is 0.174 e. The lowest BCUT2D eigenvalue weighted by atomic mass is 9.51. The van der Waals surface area contributed by atoms with Gasteiger partial charge in [-0.2, -0.15) is 0 Å². The van der Waals surface area contributed by atoms with Gasteiger partial charge in [0, 0.05) is 18.9 Å². The van der Waals surface area contributed by atoms with E-state index in [1.165, 1.54) is 19.3 Å². The Bertz CT molecular complexity index is 290. The molecule has 0 aromatic heterocycles. The number of hydrogen-bond acceptors (Lipinski definition) is 3. The molecule has 4 saturated carbocycles. The van der Waals surface area contributed by atoms with Gasteiger partial charge in [0.15, 0.2) is 5.79 Å². The largest absolute Gasteiger partial charge is 0.378 e. The van der Waals surface area contributed by atoms with Crippen LogP contribution in [-0.4, -0.2) is 31.7 Å². The average Bonchev–Trinajstić information content (AvgIpc) is 2.75. The van der Waals surface area contributed by atoms with Gasteiger partial charge in [-0.05, 0) is 38.0 Å². The molecule has 5 rings (SSSR count). The molecule has 0 N–H and O–H groups in total. The molecule has 3 nitrogen and oxygen atoms in total. The van der Waals surface area contributed by atoms with Gasteiger partial charge >= 0.3 is 0 Å². The van der Waals surface area contributed by atoms with Gasteiger partial charge in [0.1, 0.15) is 0 Å².